The molecule has 0 spiro atoms. The maximum atomic E-state index is 10.5. The molecule has 1 rings (SSSR count). The lowest BCUT2D eigenvalue weighted by molar-refractivity contribution is -0.119. The third-order valence-electron chi connectivity index (χ3n) is 1.23. The quantitative estimate of drug-likeness (QED) is 0.741. The molecule has 0 aromatic carbocycles. The minimum Gasteiger partial charge on any atom is -0.351 e. The highest BCUT2D eigenvalue weighted by atomic mass is 35.5. The number of carbonyl (C=O) groups excluding carboxylic acids is 1. The van der Waals surface area contributed by atoms with Crippen molar-refractivity contribution in [1.29, 1.82) is 0 Å². The van der Waals surface area contributed by atoms with Gasteiger partial charge in [0.05, 0.1) is 12.2 Å². The number of rotatable bonds is 2. The molecule has 0 atom stereocenters. The van der Waals surface area contributed by atoms with Gasteiger partial charge in [0.2, 0.25) is 5.91 Å². The number of amides is 1. The van der Waals surface area contributed by atoms with Crippen LogP contribution >= 0.6 is 11.6 Å². The van der Waals surface area contributed by atoms with E-state index in [1.165, 1.54) is 19.3 Å². The van der Waals surface area contributed by atoms with Gasteiger partial charge in [-0.3, -0.25) is 9.78 Å². The molecule has 1 N–H and O–H groups in total. The largest absolute Gasteiger partial charge is 0.351 e. The first-order valence-electron chi connectivity index (χ1n) is 3.40. The predicted octanol–water partition coefficient (Wildman–Crippen LogP) is 0.766. The van der Waals surface area contributed by atoms with Crippen LogP contribution in [0.2, 0.25) is 5.15 Å². The van der Waals surface area contributed by atoms with Gasteiger partial charge in [0, 0.05) is 19.3 Å². The Morgan fingerprint density at radius 3 is 2.83 bits per heavy atom. The van der Waals surface area contributed by atoms with Crippen molar-refractivity contribution < 1.29 is 4.79 Å². The standard InChI is InChI=1S/C7H8ClN3O/c1-5(12)11-4-6-7(8)10-3-2-9-6/h2-3H,4H2,1H3,(H,11,12). The van der Waals surface area contributed by atoms with Crippen LogP contribution in [0.25, 0.3) is 0 Å². The summed E-state index contributed by atoms with van der Waals surface area (Å²) in [6.45, 7) is 1.76. The van der Waals surface area contributed by atoms with Crippen molar-refractivity contribution in [2.45, 2.75) is 13.5 Å². The lowest BCUT2D eigenvalue weighted by Gasteiger charge is -2.01. The van der Waals surface area contributed by atoms with Crippen molar-refractivity contribution in [1.82, 2.24) is 15.3 Å². The molecule has 0 bridgehead atoms. The molecule has 0 radical (unpaired) electrons. The molecule has 0 aliphatic carbocycles. The van der Waals surface area contributed by atoms with Crippen molar-refractivity contribution in [3.8, 4) is 0 Å². The number of nitrogens with one attached hydrogen (secondary N) is 1. The van der Waals surface area contributed by atoms with Gasteiger partial charge in [0.15, 0.2) is 5.15 Å². The van der Waals surface area contributed by atoms with E-state index in [9.17, 15) is 4.79 Å². The van der Waals surface area contributed by atoms with Crippen molar-refractivity contribution in [3.05, 3.63) is 23.2 Å². The van der Waals surface area contributed by atoms with Crippen LogP contribution in [0.5, 0.6) is 0 Å². The SMILES string of the molecule is CC(=O)NCc1nccnc1Cl. The summed E-state index contributed by atoms with van der Waals surface area (Å²) in [4.78, 5) is 18.3. The van der Waals surface area contributed by atoms with E-state index < -0.39 is 0 Å². The van der Waals surface area contributed by atoms with E-state index in [1.54, 1.807) is 0 Å². The average Bonchev–Trinajstić information content (AvgIpc) is 2.03. The Morgan fingerprint density at radius 2 is 2.25 bits per heavy atom. The summed E-state index contributed by atoms with van der Waals surface area (Å²) < 4.78 is 0. The number of carbonyl (C=O) groups is 1. The van der Waals surface area contributed by atoms with E-state index in [-0.39, 0.29) is 5.91 Å². The van der Waals surface area contributed by atoms with Crippen LogP contribution in [0.3, 0.4) is 0 Å². The fraction of sp³-hybridized carbons (Fsp3) is 0.286. The third kappa shape index (κ3) is 2.47. The minimum atomic E-state index is -0.114. The molecular formula is C7H8ClN3O. The third-order valence-corrected chi connectivity index (χ3v) is 1.54. The summed E-state index contributed by atoms with van der Waals surface area (Å²) in [5.41, 5.74) is 0.578. The zero-order valence-electron chi connectivity index (χ0n) is 6.54. The van der Waals surface area contributed by atoms with Crippen LogP contribution in [-0.2, 0) is 11.3 Å². The van der Waals surface area contributed by atoms with Gasteiger partial charge < -0.3 is 5.32 Å². The Kier molecular flexibility index (Phi) is 2.99. The molecule has 1 amide bonds. The van der Waals surface area contributed by atoms with Crippen molar-refractivity contribution in [3.63, 3.8) is 0 Å². The topological polar surface area (TPSA) is 54.9 Å². The van der Waals surface area contributed by atoms with E-state index in [2.05, 4.69) is 15.3 Å². The number of halogens is 1. The summed E-state index contributed by atoms with van der Waals surface area (Å²) >= 11 is 5.68. The first-order chi connectivity index (χ1) is 5.70. The highest BCUT2D eigenvalue weighted by Crippen LogP contribution is 2.07. The van der Waals surface area contributed by atoms with Crippen LogP contribution in [-0.4, -0.2) is 15.9 Å². The first kappa shape index (κ1) is 8.93. The molecule has 1 heterocycles. The first-order valence-corrected chi connectivity index (χ1v) is 3.78. The van der Waals surface area contributed by atoms with E-state index in [1.807, 2.05) is 0 Å². The second-order valence-corrected chi connectivity index (χ2v) is 2.56. The van der Waals surface area contributed by atoms with Crippen molar-refractivity contribution in [2.75, 3.05) is 0 Å². The van der Waals surface area contributed by atoms with Gasteiger partial charge >= 0.3 is 0 Å². The molecule has 0 saturated heterocycles. The van der Waals surface area contributed by atoms with Crippen molar-refractivity contribution in [2.24, 2.45) is 0 Å². The molecule has 64 valence electrons. The molecule has 1 aromatic heterocycles. The van der Waals surface area contributed by atoms with Gasteiger partial charge in [-0.05, 0) is 0 Å². The van der Waals surface area contributed by atoms with Gasteiger partial charge in [-0.25, -0.2) is 4.98 Å². The predicted molar refractivity (Wildman–Crippen MR) is 44.6 cm³/mol. The summed E-state index contributed by atoms with van der Waals surface area (Å²) in [5.74, 6) is -0.114. The fourth-order valence-electron chi connectivity index (χ4n) is 0.677. The van der Waals surface area contributed by atoms with Crippen LogP contribution in [0.1, 0.15) is 12.6 Å². The second kappa shape index (κ2) is 4.01. The van der Waals surface area contributed by atoms with E-state index >= 15 is 0 Å². The summed E-state index contributed by atoms with van der Waals surface area (Å²) in [6.07, 6.45) is 3.03. The van der Waals surface area contributed by atoms with Gasteiger partial charge in [0.25, 0.3) is 0 Å². The van der Waals surface area contributed by atoms with Crippen molar-refractivity contribution >= 4 is 17.5 Å². The smallest absolute Gasteiger partial charge is 0.217 e. The second-order valence-electron chi connectivity index (χ2n) is 2.20. The Bertz CT molecular complexity index is 290. The Labute approximate surface area is 75.0 Å². The Morgan fingerprint density at radius 1 is 1.58 bits per heavy atom. The van der Waals surface area contributed by atoms with Gasteiger partial charge in [-0.1, -0.05) is 11.6 Å². The molecule has 4 nitrogen and oxygen atoms in total. The minimum absolute atomic E-state index is 0.114. The number of nitrogens with zero attached hydrogens (tertiary/aromatic N) is 2. The zero-order valence-corrected chi connectivity index (χ0v) is 7.30. The molecule has 0 unspecified atom stereocenters. The number of hydrogen-bond donors (Lipinski definition) is 1. The molecule has 1 aromatic rings. The zero-order chi connectivity index (χ0) is 8.97. The average molecular weight is 186 g/mol. The van der Waals surface area contributed by atoms with Crippen LogP contribution in [0, 0.1) is 0 Å². The maximum absolute atomic E-state index is 10.5. The summed E-state index contributed by atoms with van der Waals surface area (Å²) in [5, 5.41) is 2.90. The van der Waals surface area contributed by atoms with Crippen LogP contribution in [0.4, 0.5) is 0 Å². The molecular weight excluding hydrogens is 178 g/mol. The lowest BCUT2D eigenvalue weighted by atomic mass is 10.4. The van der Waals surface area contributed by atoms with Gasteiger partial charge in [-0.15, -0.1) is 0 Å². The molecule has 0 aliphatic heterocycles. The van der Waals surface area contributed by atoms with Gasteiger partial charge in [0.1, 0.15) is 0 Å². The normalized spacial score (nSPS) is 9.50. The number of hydrogen-bond acceptors (Lipinski definition) is 3. The molecule has 0 saturated carbocycles. The highest BCUT2D eigenvalue weighted by Gasteiger charge is 2.01. The van der Waals surface area contributed by atoms with E-state index in [4.69, 9.17) is 11.6 Å². The Balaban J connectivity index is 2.63. The van der Waals surface area contributed by atoms with Crippen LogP contribution < -0.4 is 5.32 Å². The monoisotopic (exact) mass is 185 g/mol. The van der Waals surface area contributed by atoms with E-state index in [0.717, 1.165) is 0 Å². The molecule has 5 heteroatoms. The number of aromatic nitrogens is 2. The molecule has 0 aliphatic rings. The fourth-order valence-corrected chi connectivity index (χ4v) is 0.849. The Hall–Kier alpha value is -1.16. The van der Waals surface area contributed by atoms with Crippen LogP contribution in [0.15, 0.2) is 12.4 Å². The summed E-state index contributed by atoms with van der Waals surface area (Å²) in [7, 11) is 0. The lowest BCUT2D eigenvalue weighted by Crippen LogP contribution is -2.19. The maximum Gasteiger partial charge on any atom is 0.217 e. The van der Waals surface area contributed by atoms with E-state index in [0.29, 0.717) is 17.4 Å². The molecule has 12 heavy (non-hydrogen) atoms. The molecule has 0 fully saturated rings. The highest BCUT2D eigenvalue weighted by molar-refractivity contribution is 6.29. The van der Waals surface area contributed by atoms with Gasteiger partial charge in [-0.2, -0.15) is 0 Å². The summed E-state index contributed by atoms with van der Waals surface area (Å²) in [6, 6.07) is 0.